The van der Waals surface area contributed by atoms with Gasteiger partial charge in [0.2, 0.25) is 18.0 Å². The number of nitrogens with one attached hydrogen (secondary N) is 4. The zero-order valence-electron chi connectivity index (χ0n) is 37.8. The summed E-state index contributed by atoms with van der Waals surface area (Å²) in [6, 6.07) is 19.0. The van der Waals surface area contributed by atoms with Gasteiger partial charge in [-0.05, 0) is 67.9 Å². The maximum Gasteiger partial charge on any atom is 0.407 e. The number of likely N-dealkylation sites (tertiary alicyclic amines) is 2. The maximum atomic E-state index is 16.5. The summed E-state index contributed by atoms with van der Waals surface area (Å²) in [6.45, 7) is 8.53. The number of halogens is 1. The molecule has 4 N–H and O–H groups in total. The molecule has 3 aliphatic rings. The Balaban J connectivity index is 1.02. The number of carbonyl (C=O) groups excluding carboxylic acids is 4. The van der Waals surface area contributed by atoms with Gasteiger partial charge in [0.1, 0.15) is 35.3 Å². The lowest BCUT2D eigenvalue weighted by Gasteiger charge is -2.30. The molecule has 4 amide bonds. The second kappa shape index (κ2) is 18.0. The number of hydrogen-bond acceptors (Lipinski definition) is 9. The molecule has 3 aromatic heterocycles. The third kappa shape index (κ3) is 8.11. The Hall–Kier alpha value is -7.17. The summed E-state index contributed by atoms with van der Waals surface area (Å²) >= 11 is 0. The summed E-state index contributed by atoms with van der Waals surface area (Å²) in [5.41, 5.74) is 5.52. The first-order chi connectivity index (χ1) is 31.8. The van der Waals surface area contributed by atoms with E-state index in [4.69, 9.17) is 19.2 Å². The number of imidazole rings is 2. The molecule has 0 aliphatic carbocycles. The SMILES string of the molecule is COC(=O)N[C@H](C(=O)N1CCC[C@H]1c1ncc(-c2ccc3c(c2)cc2n3[C@H](c3ccccc3)Oc3cc(-c4cnc([C@@H]5CCCN5C(=O)[C@@H](NC(=O)OC)C(C)C)[nH]4)c(F)cc3-2)[nH]1)C(C)C. The van der Waals surface area contributed by atoms with Crippen molar-refractivity contribution in [2.75, 3.05) is 27.3 Å². The van der Waals surface area contributed by atoms with Gasteiger partial charge in [-0.1, -0.05) is 64.1 Å². The van der Waals surface area contributed by atoms with Crippen LogP contribution in [-0.4, -0.2) is 97.7 Å². The van der Waals surface area contributed by atoms with Gasteiger partial charge in [0.15, 0.2) is 0 Å². The van der Waals surface area contributed by atoms with Crippen molar-refractivity contribution in [3.63, 3.8) is 0 Å². The van der Waals surface area contributed by atoms with Crippen molar-refractivity contribution in [1.29, 1.82) is 0 Å². The van der Waals surface area contributed by atoms with Crippen LogP contribution in [0.2, 0.25) is 0 Å². The average Bonchev–Trinajstić information content (AvgIpc) is 4.18. The molecule has 6 heterocycles. The van der Waals surface area contributed by atoms with Gasteiger partial charge in [-0.2, -0.15) is 0 Å². The van der Waals surface area contributed by atoms with Crippen molar-refractivity contribution < 1.29 is 37.8 Å². The van der Waals surface area contributed by atoms with E-state index in [-0.39, 0.29) is 41.3 Å². The molecule has 3 aromatic carbocycles. The van der Waals surface area contributed by atoms with Crippen molar-refractivity contribution >= 4 is 34.9 Å². The molecule has 2 saturated heterocycles. The number of fused-ring (bicyclic) bond motifs is 5. The summed E-state index contributed by atoms with van der Waals surface area (Å²) in [5.74, 6) is 0.462. The second-order valence-electron chi connectivity index (χ2n) is 17.8. The highest BCUT2D eigenvalue weighted by atomic mass is 19.1. The number of ether oxygens (including phenoxy) is 3. The van der Waals surface area contributed by atoms with E-state index in [1.165, 1.54) is 20.3 Å². The van der Waals surface area contributed by atoms with Crippen molar-refractivity contribution in [1.82, 2.24) is 44.9 Å². The molecule has 0 unspecified atom stereocenters. The first-order valence-electron chi connectivity index (χ1n) is 22.5. The van der Waals surface area contributed by atoms with Crippen LogP contribution in [0.25, 0.3) is 44.7 Å². The molecule has 5 atom stereocenters. The predicted molar refractivity (Wildman–Crippen MR) is 243 cm³/mol. The van der Waals surface area contributed by atoms with Crippen LogP contribution in [0.15, 0.2) is 79.1 Å². The van der Waals surface area contributed by atoms with E-state index in [1.54, 1.807) is 28.3 Å². The molecule has 9 rings (SSSR count). The number of H-pyrrole nitrogens is 2. The van der Waals surface area contributed by atoms with Gasteiger partial charge in [-0.25, -0.2) is 23.9 Å². The molecule has 17 heteroatoms. The summed E-state index contributed by atoms with van der Waals surface area (Å²) in [7, 11) is 2.54. The smallest absolute Gasteiger partial charge is 0.407 e. The molecule has 0 saturated carbocycles. The van der Waals surface area contributed by atoms with Crippen LogP contribution in [0, 0.1) is 17.7 Å². The summed E-state index contributed by atoms with van der Waals surface area (Å²) < 4.78 is 35.0. The number of carbonyl (C=O) groups is 4. The number of methoxy groups -OCH3 is 2. The number of aromatic amines is 2. The van der Waals surface area contributed by atoms with Crippen molar-refractivity contribution in [3.8, 4) is 39.5 Å². The van der Waals surface area contributed by atoms with Crippen LogP contribution in [-0.2, 0) is 19.1 Å². The van der Waals surface area contributed by atoms with Crippen LogP contribution in [0.1, 0.15) is 88.9 Å². The van der Waals surface area contributed by atoms with E-state index in [1.807, 2.05) is 76.2 Å². The lowest BCUT2D eigenvalue weighted by Crippen LogP contribution is -2.51. The van der Waals surface area contributed by atoms with E-state index in [2.05, 4.69) is 36.2 Å². The number of alkyl carbamates (subject to hydrolysis) is 2. The highest BCUT2D eigenvalue weighted by Crippen LogP contribution is 2.47. The molecule has 344 valence electrons. The van der Waals surface area contributed by atoms with Crippen LogP contribution in [0.5, 0.6) is 5.75 Å². The Morgan fingerprint density at radius 2 is 1.32 bits per heavy atom. The molecule has 0 spiro atoms. The standard InChI is InChI=1S/C49H54FN9O7/c1-26(2)41(55-48(62)64-5)45(60)57-18-10-14-37(57)43-51-24-34(53-43)29-16-17-36-30(20-29)21-39-32-22-33(50)31(23-40(32)66-47(59(36)39)28-12-8-7-9-13-28)35-25-52-44(54-35)38-15-11-19-58(38)46(61)42(27(3)4)56-49(63)65-6/h7-9,12-13,16-17,20-27,37-38,41-42,47H,10-11,14-15,18-19H2,1-6H3,(H,51,53)(H,52,54)(H,55,62)(H,56,63)/t37-,38-,41-,42-,47-/m0/s1. The Morgan fingerprint density at radius 3 is 1.89 bits per heavy atom. The maximum absolute atomic E-state index is 16.5. The van der Waals surface area contributed by atoms with Gasteiger partial charge in [0.05, 0.1) is 61.3 Å². The van der Waals surface area contributed by atoms with Crippen molar-refractivity contribution in [2.24, 2.45) is 11.8 Å². The summed E-state index contributed by atoms with van der Waals surface area (Å²) in [4.78, 5) is 71.4. The average molecular weight is 900 g/mol. The Morgan fingerprint density at radius 1 is 0.742 bits per heavy atom. The van der Waals surface area contributed by atoms with E-state index in [9.17, 15) is 19.2 Å². The van der Waals surface area contributed by atoms with Crippen LogP contribution in [0.3, 0.4) is 0 Å². The fourth-order valence-corrected chi connectivity index (χ4v) is 9.61. The lowest BCUT2D eigenvalue weighted by molar-refractivity contribution is -0.136. The minimum atomic E-state index is -0.782. The normalized spacial score (nSPS) is 18.8. The number of hydrogen-bond donors (Lipinski definition) is 4. The lowest BCUT2D eigenvalue weighted by atomic mass is 10.0. The number of aromatic nitrogens is 5. The summed E-state index contributed by atoms with van der Waals surface area (Å²) in [6.07, 6.45) is 4.37. The zero-order chi connectivity index (χ0) is 46.4. The predicted octanol–water partition coefficient (Wildman–Crippen LogP) is 8.26. The number of rotatable bonds is 11. The third-order valence-electron chi connectivity index (χ3n) is 13.0. The van der Waals surface area contributed by atoms with E-state index in [0.717, 1.165) is 52.7 Å². The quantitative estimate of drug-likeness (QED) is 0.0993. The Labute approximate surface area is 381 Å². The monoisotopic (exact) mass is 899 g/mol. The fraction of sp³-hybridized carbons (Fsp3) is 0.388. The molecule has 3 aliphatic heterocycles. The van der Waals surface area contributed by atoms with Crippen LogP contribution < -0.4 is 15.4 Å². The molecular formula is C49H54FN9O7. The van der Waals surface area contributed by atoms with Gasteiger partial charge in [0, 0.05) is 40.7 Å². The van der Waals surface area contributed by atoms with Crippen LogP contribution in [0.4, 0.5) is 14.0 Å². The Kier molecular flexibility index (Phi) is 12.0. The van der Waals surface area contributed by atoms with Crippen LogP contribution >= 0.6 is 0 Å². The molecule has 0 bridgehead atoms. The second-order valence-corrected chi connectivity index (χ2v) is 17.8. The fourth-order valence-electron chi connectivity index (χ4n) is 9.61. The minimum absolute atomic E-state index is 0.150. The number of amides is 4. The van der Waals surface area contributed by atoms with Gasteiger partial charge in [-0.3, -0.25) is 9.59 Å². The minimum Gasteiger partial charge on any atom is -0.465 e. The summed E-state index contributed by atoms with van der Waals surface area (Å²) in [5, 5.41) is 6.28. The van der Waals surface area contributed by atoms with Gasteiger partial charge >= 0.3 is 12.2 Å². The highest BCUT2D eigenvalue weighted by molar-refractivity contribution is 5.93. The van der Waals surface area contributed by atoms with Crippen molar-refractivity contribution in [3.05, 3.63) is 102 Å². The van der Waals surface area contributed by atoms with E-state index in [0.29, 0.717) is 48.2 Å². The number of nitrogens with zero attached hydrogens (tertiary/aromatic N) is 5. The highest BCUT2D eigenvalue weighted by Gasteiger charge is 2.39. The topological polar surface area (TPSA) is 189 Å². The molecular weight excluding hydrogens is 846 g/mol. The molecule has 6 aromatic rings. The van der Waals surface area contributed by atoms with E-state index >= 15 is 4.39 Å². The number of benzene rings is 3. The van der Waals surface area contributed by atoms with E-state index < -0.39 is 36.3 Å². The molecule has 0 radical (unpaired) electrons. The molecule has 16 nitrogen and oxygen atoms in total. The zero-order valence-corrected chi connectivity index (χ0v) is 37.8. The van der Waals surface area contributed by atoms with Gasteiger partial charge < -0.3 is 49.2 Å². The molecule has 66 heavy (non-hydrogen) atoms. The third-order valence-corrected chi connectivity index (χ3v) is 13.0. The molecule has 2 fully saturated rings. The largest absolute Gasteiger partial charge is 0.465 e. The van der Waals surface area contributed by atoms with Gasteiger partial charge in [-0.15, -0.1) is 0 Å². The first kappa shape index (κ1) is 44.1. The Bertz CT molecular complexity index is 2800. The van der Waals surface area contributed by atoms with Crippen molar-refractivity contribution in [2.45, 2.75) is 83.8 Å². The first-order valence-corrected chi connectivity index (χ1v) is 22.5. The van der Waals surface area contributed by atoms with Gasteiger partial charge in [0.25, 0.3) is 0 Å².